The number of hydrogen-bond acceptors (Lipinski definition) is 6. The number of anilines is 2. The van der Waals surface area contributed by atoms with Crippen molar-refractivity contribution in [2.45, 2.75) is 4.21 Å². The second kappa shape index (κ2) is 5.79. The Hall–Kier alpha value is -1.36. The van der Waals surface area contributed by atoms with E-state index >= 15 is 0 Å². The molecule has 0 aliphatic carbocycles. The molecule has 0 radical (unpaired) electrons. The fourth-order valence-electron chi connectivity index (χ4n) is 1.41. The molecule has 11 heteroatoms. The highest BCUT2D eigenvalue weighted by atomic mass is 79.9. The van der Waals surface area contributed by atoms with Gasteiger partial charge < -0.3 is 5.73 Å². The second-order valence-corrected chi connectivity index (χ2v) is 8.06. The minimum atomic E-state index is -3.96. The Labute approximate surface area is 137 Å². The van der Waals surface area contributed by atoms with Crippen molar-refractivity contribution < 1.29 is 13.3 Å². The number of sulfonamides is 1. The Morgan fingerprint density at radius 2 is 2.05 bits per heavy atom. The molecule has 1 aromatic carbocycles. The van der Waals surface area contributed by atoms with E-state index in [1.807, 2.05) is 0 Å². The summed E-state index contributed by atoms with van der Waals surface area (Å²) in [6.07, 6.45) is 0. The van der Waals surface area contributed by atoms with E-state index in [0.29, 0.717) is 20.8 Å². The number of hydrogen-bond donors (Lipinski definition) is 2. The van der Waals surface area contributed by atoms with Crippen LogP contribution >= 0.6 is 38.9 Å². The van der Waals surface area contributed by atoms with Gasteiger partial charge in [-0.1, -0.05) is 22.9 Å². The minimum Gasteiger partial charge on any atom is -0.385 e. The monoisotopic (exact) mass is 411 g/mol. The summed E-state index contributed by atoms with van der Waals surface area (Å²) in [4.78, 5) is 9.97. The van der Waals surface area contributed by atoms with E-state index in [1.165, 1.54) is 18.2 Å². The van der Waals surface area contributed by atoms with E-state index in [2.05, 4.69) is 20.7 Å². The van der Waals surface area contributed by atoms with Gasteiger partial charge in [-0.2, -0.15) is 0 Å². The zero-order chi connectivity index (χ0) is 15.8. The van der Waals surface area contributed by atoms with Crippen LogP contribution in [-0.4, -0.2) is 13.3 Å². The molecule has 0 bridgehead atoms. The van der Waals surface area contributed by atoms with Crippen molar-refractivity contribution in [1.82, 2.24) is 0 Å². The van der Waals surface area contributed by atoms with E-state index in [0.717, 1.165) is 6.07 Å². The van der Waals surface area contributed by atoms with Gasteiger partial charge in [0.05, 0.1) is 15.6 Å². The first-order valence-corrected chi connectivity index (χ1v) is 8.69. The number of nitrogen functional groups attached to an aromatic ring is 1. The molecule has 21 heavy (non-hydrogen) atoms. The molecule has 1 aromatic heterocycles. The zero-order valence-electron chi connectivity index (χ0n) is 10.0. The molecule has 0 amide bonds. The van der Waals surface area contributed by atoms with Crippen LogP contribution in [0.15, 0.2) is 32.9 Å². The smallest absolute Gasteiger partial charge is 0.304 e. The van der Waals surface area contributed by atoms with E-state index in [9.17, 15) is 18.5 Å². The zero-order valence-corrected chi connectivity index (χ0v) is 14.0. The maximum Gasteiger partial charge on any atom is 0.304 e. The van der Waals surface area contributed by atoms with Crippen molar-refractivity contribution in [2.24, 2.45) is 0 Å². The summed E-state index contributed by atoms with van der Waals surface area (Å²) in [6, 6.07) is 5.38. The lowest BCUT2D eigenvalue weighted by Crippen LogP contribution is -2.11. The molecule has 0 saturated heterocycles. The Balaban J connectivity index is 2.36. The lowest BCUT2D eigenvalue weighted by molar-refractivity contribution is -0.383. The van der Waals surface area contributed by atoms with E-state index in [-0.39, 0.29) is 14.9 Å². The molecular weight excluding hydrogens is 406 g/mol. The van der Waals surface area contributed by atoms with Gasteiger partial charge in [-0.05, 0) is 34.1 Å². The van der Waals surface area contributed by atoms with Crippen LogP contribution in [0.2, 0.25) is 5.02 Å². The maximum atomic E-state index is 12.2. The molecule has 2 aromatic rings. The van der Waals surface area contributed by atoms with Gasteiger partial charge in [0, 0.05) is 10.5 Å². The Bertz CT molecular complexity index is 822. The molecule has 0 aliphatic rings. The predicted molar refractivity (Wildman–Crippen MR) is 85.3 cm³/mol. The highest BCUT2D eigenvalue weighted by Gasteiger charge is 2.25. The average molecular weight is 413 g/mol. The largest absolute Gasteiger partial charge is 0.385 e. The van der Waals surface area contributed by atoms with Gasteiger partial charge in [-0.15, -0.1) is 0 Å². The standard InChI is InChI=1S/C10H7BrClN3O4S2/c11-6-3-5(1-2-7(6)12)14-21(18,19)9-4-8(15(16)17)10(13)20-9/h1-4,14H,13H2. The van der Waals surface area contributed by atoms with Gasteiger partial charge in [0.25, 0.3) is 10.0 Å². The summed E-state index contributed by atoms with van der Waals surface area (Å²) in [5.74, 6) is 0. The van der Waals surface area contributed by atoms with Crippen LogP contribution in [0, 0.1) is 10.1 Å². The number of nitrogens with two attached hydrogens (primary N) is 1. The number of nitrogens with zero attached hydrogens (tertiary/aromatic N) is 1. The molecule has 0 atom stereocenters. The van der Waals surface area contributed by atoms with E-state index < -0.39 is 20.6 Å². The van der Waals surface area contributed by atoms with Crippen molar-refractivity contribution >= 4 is 65.3 Å². The average Bonchev–Trinajstić information content (AvgIpc) is 2.77. The highest BCUT2D eigenvalue weighted by molar-refractivity contribution is 9.10. The van der Waals surface area contributed by atoms with Gasteiger partial charge in [0.15, 0.2) is 5.00 Å². The summed E-state index contributed by atoms with van der Waals surface area (Å²) in [7, 11) is -3.96. The Morgan fingerprint density at radius 3 is 2.57 bits per heavy atom. The molecule has 0 spiro atoms. The first-order chi connectivity index (χ1) is 9.70. The first-order valence-electron chi connectivity index (χ1n) is 5.22. The summed E-state index contributed by atoms with van der Waals surface area (Å²) in [5.41, 5.74) is 5.27. The molecule has 0 aliphatic heterocycles. The molecule has 7 nitrogen and oxygen atoms in total. The van der Waals surface area contributed by atoms with Gasteiger partial charge >= 0.3 is 5.69 Å². The third-order valence-electron chi connectivity index (χ3n) is 2.35. The first kappa shape index (κ1) is 16.0. The summed E-state index contributed by atoms with van der Waals surface area (Å²) >= 11 is 9.61. The van der Waals surface area contributed by atoms with Crippen molar-refractivity contribution in [3.8, 4) is 0 Å². The van der Waals surface area contributed by atoms with Crippen LogP contribution in [0.4, 0.5) is 16.4 Å². The topological polar surface area (TPSA) is 115 Å². The number of nitro groups is 1. The highest BCUT2D eigenvalue weighted by Crippen LogP contribution is 2.35. The van der Waals surface area contributed by atoms with Crippen LogP contribution in [-0.2, 0) is 10.0 Å². The van der Waals surface area contributed by atoms with Gasteiger partial charge in [0.1, 0.15) is 4.21 Å². The van der Waals surface area contributed by atoms with Crippen molar-refractivity contribution in [1.29, 1.82) is 0 Å². The fraction of sp³-hybridized carbons (Fsp3) is 0. The van der Waals surface area contributed by atoms with Crippen LogP contribution in [0.1, 0.15) is 0 Å². The molecule has 2 rings (SSSR count). The summed E-state index contributed by atoms with van der Waals surface area (Å²) in [5, 5.41) is 11.0. The van der Waals surface area contributed by atoms with Crippen LogP contribution < -0.4 is 10.5 Å². The quantitative estimate of drug-likeness (QED) is 0.589. The normalized spacial score (nSPS) is 11.3. The molecule has 0 unspecified atom stereocenters. The number of rotatable bonds is 4. The molecule has 1 heterocycles. The van der Waals surface area contributed by atoms with Crippen molar-refractivity contribution in [3.63, 3.8) is 0 Å². The van der Waals surface area contributed by atoms with Crippen molar-refractivity contribution in [3.05, 3.63) is 43.9 Å². The number of nitrogens with one attached hydrogen (secondary N) is 1. The number of thiophene rings is 1. The Morgan fingerprint density at radius 1 is 1.38 bits per heavy atom. The third kappa shape index (κ3) is 3.46. The van der Waals surface area contributed by atoms with Gasteiger partial charge in [0.2, 0.25) is 0 Å². The van der Waals surface area contributed by atoms with Gasteiger partial charge in [-0.25, -0.2) is 8.42 Å². The lowest BCUT2D eigenvalue weighted by atomic mass is 10.3. The lowest BCUT2D eigenvalue weighted by Gasteiger charge is -2.06. The summed E-state index contributed by atoms with van der Waals surface area (Å²) in [6.45, 7) is 0. The SMILES string of the molecule is Nc1sc(S(=O)(=O)Nc2ccc(Cl)c(Br)c2)cc1[N+](=O)[O-]. The molecule has 3 N–H and O–H groups in total. The second-order valence-electron chi connectivity index (χ2n) is 3.81. The summed E-state index contributed by atoms with van der Waals surface area (Å²) < 4.78 is 26.9. The molecule has 0 saturated carbocycles. The fourth-order valence-corrected chi connectivity index (χ4v) is 4.17. The van der Waals surface area contributed by atoms with Crippen LogP contribution in [0.3, 0.4) is 0 Å². The van der Waals surface area contributed by atoms with Crippen LogP contribution in [0.25, 0.3) is 0 Å². The number of halogens is 2. The molecule has 112 valence electrons. The third-order valence-corrected chi connectivity index (χ3v) is 6.37. The maximum absolute atomic E-state index is 12.2. The number of benzene rings is 1. The van der Waals surface area contributed by atoms with Crippen LogP contribution in [0.5, 0.6) is 0 Å². The molecule has 0 fully saturated rings. The predicted octanol–water partition coefficient (Wildman–Crippen LogP) is 3.46. The van der Waals surface area contributed by atoms with Crippen molar-refractivity contribution in [2.75, 3.05) is 10.5 Å². The Kier molecular flexibility index (Phi) is 4.42. The van der Waals surface area contributed by atoms with E-state index in [1.54, 1.807) is 0 Å². The molecular formula is C10H7BrClN3O4S2. The van der Waals surface area contributed by atoms with E-state index in [4.69, 9.17) is 17.3 Å². The minimum absolute atomic E-state index is 0.169. The van der Waals surface area contributed by atoms with Gasteiger partial charge in [-0.3, -0.25) is 14.8 Å².